The SMILES string of the molecule is CNc1cc(NCC(C)c2nccs2)nc(C(C)C)n1. The maximum Gasteiger partial charge on any atom is 0.135 e. The van der Waals surface area contributed by atoms with Gasteiger partial charge in [-0.25, -0.2) is 15.0 Å². The number of hydrogen-bond acceptors (Lipinski definition) is 6. The number of anilines is 2. The smallest absolute Gasteiger partial charge is 0.135 e. The Hall–Kier alpha value is -1.69. The number of nitrogens with one attached hydrogen (secondary N) is 2. The Morgan fingerprint density at radius 3 is 2.55 bits per heavy atom. The summed E-state index contributed by atoms with van der Waals surface area (Å²) in [4.78, 5) is 13.4. The van der Waals surface area contributed by atoms with Gasteiger partial charge in [0.15, 0.2) is 0 Å². The summed E-state index contributed by atoms with van der Waals surface area (Å²) < 4.78 is 0. The highest BCUT2D eigenvalue weighted by Gasteiger charge is 2.10. The summed E-state index contributed by atoms with van der Waals surface area (Å²) in [7, 11) is 1.87. The van der Waals surface area contributed by atoms with Crippen LogP contribution >= 0.6 is 11.3 Å². The minimum Gasteiger partial charge on any atom is -0.373 e. The lowest BCUT2D eigenvalue weighted by Crippen LogP contribution is -2.12. The third-order valence-electron chi connectivity index (χ3n) is 2.98. The number of rotatable bonds is 6. The van der Waals surface area contributed by atoms with E-state index in [1.54, 1.807) is 11.3 Å². The third kappa shape index (κ3) is 3.66. The van der Waals surface area contributed by atoms with Crippen LogP contribution in [0.2, 0.25) is 0 Å². The average Bonchev–Trinajstić information content (AvgIpc) is 2.98. The minimum atomic E-state index is 0.306. The van der Waals surface area contributed by atoms with Gasteiger partial charge in [0.05, 0.1) is 5.01 Å². The fraction of sp³-hybridized carbons (Fsp3) is 0.500. The lowest BCUT2D eigenvalue weighted by atomic mass is 10.2. The number of nitrogens with zero attached hydrogens (tertiary/aromatic N) is 3. The van der Waals surface area contributed by atoms with Gasteiger partial charge < -0.3 is 10.6 Å². The standard InChI is InChI=1S/C14H21N5S/c1-9(2)13-18-11(15-4)7-12(19-13)17-8-10(3)14-16-5-6-20-14/h5-7,9-10H,8H2,1-4H3,(H2,15,17,18,19). The van der Waals surface area contributed by atoms with Crippen LogP contribution in [-0.2, 0) is 0 Å². The second-order valence-electron chi connectivity index (χ2n) is 5.05. The average molecular weight is 291 g/mol. The first-order chi connectivity index (χ1) is 9.60. The summed E-state index contributed by atoms with van der Waals surface area (Å²) in [5.74, 6) is 3.22. The van der Waals surface area contributed by atoms with Crippen LogP contribution in [0.5, 0.6) is 0 Å². The van der Waals surface area contributed by atoms with Crippen LogP contribution in [0, 0.1) is 0 Å². The molecule has 0 aromatic carbocycles. The quantitative estimate of drug-likeness (QED) is 0.855. The van der Waals surface area contributed by atoms with Crippen molar-refractivity contribution in [3.63, 3.8) is 0 Å². The third-order valence-corrected chi connectivity index (χ3v) is 3.99. The number of aromatic nitrogens is 3. The van der Waals surface area contributed by atoms with Gasteiger partial charge in [-0.15, -0.1) is 11.3 Å². The normalized spacial score (nSPS) is 12.4. The predicted molar refractivity (Wildman–Crippen MR) is 84.7 cm³/mol. The second kappa shape index (κ2) is 6.65. The van der Waals surface area contributed by atoms with Crippen molar-refractivity contribution >= 4 is 23.0 Å². The maximum atomic E-state index is 4.55. The Morgan fingerprint density at radius 2 is 1.95 bits per heavy atom. The topological polar surface area (TPSA) is 62.7 Å². The molecular formula is C14H21N5S. The summed E-state index contributed by atoms with van der Waals surface area (Å²) in [6.07, 6.45) is 1.84. The van der Waals surface area contributed by atoms with Crippen molar-refractivity contribution in [2.75, 3.05) is 24.2 Å². The van der Waals surface area contributed by atoms with Crippen molar-refractivity contribution in [2.45, 2.75) is 32.6 Å². The van der Waals surface area contributed by atoms with E-state index in [1.807, 2.05) is 24.7 Å². The first kappa shape index (κ1) is 14.7. The second-order valence-corrected chi connectivity index (χ2v) is 5.98. The monoisotopic (exact) mass is 291 g/mol. The van der Waals surface area contributed by atoms with Gasteiger partial charge in [0.25, 0.3) is 0 Å². The lowest BCUT2D eigenvalue weighted by Gasteiger charge is -2.13. The van der Waals surface area contributed by atoms with Gasteiger partial charge in [0.1, 0.15) is 17.5 Å². The molecule has 5 nitrogen and oxygen atoms in total. The Kier molecular flexibility index (Phi) is 4.89. The molecule has 108 valence electrons. The molecule has 0 spiro atoms. The lowest BCUT2D eigenvalue weighted by molar-refractivity contribution is 0.764. The molecule has 20 heavy (non-hydrogen) atoms. The Morgan fingerprint density at radius 1 is 1.20 bits per heavy atom. The van der Waals surface area contributed by atoms with Gasteiger partial charge in [-0.2, -0.15) is 0 Å². The van der Waals surface area contributed by atoms with Crippen LogP contribution in [0.15, 0.2) is 17.6 Å². The molecule has 2 N–H and O–H groups in total. The minimum absolute atomic E-state index is 0.306. The van der Waals surface area contributed by atoms with Crippen molar-refractivity contribution in [3.05, 3.63) is 28.5 Å². The van der Waals surface area contributed by atoms with E-state index in [-0.39, 0.29) is 0 Å². The molecule has 0 saturated heterocycles. The zero-order valence-corrected chi connectivity index (χ0v) is 13.2. The van der Waals surface area contributed by atoms with Crippen LogP contribution in [0.1, 0.15) is 43.4 Å². The molecule has 2 aromatic rings. The predicted octanol–water partition coefficient (Wildman–Crippen LogP) is 3.31. The molecule has 2 heterocycles. The summed E-state index contributed by atoms with van der Waals surface area (Å²) >= 11 is 1.69. The van der Waals surface area contributed by atoms with Crippen molar-refractivity contribution in [1.82, 2.24) is 15.0 Å². The van der Waals surface area contributed by atoms with Gasteiger partial charge in [-0.3, -0.25) is 0 Å². The van der Waals surface area contributed by atoms with E-state index in [9.17, 15) is 0 Å². The Bertz CT molecular complexity index is 539. The molecular weight excluding hydrogens is 270 g/mol. The fourth-order valence-corrected chi connectivity index (χ4v) is 2.46. The van der Waals surface area contributed by atoms with Crippen LogP contribution in [-0.4, -0.2) is 28.5 Å². The highest BCUT2D eigenvalue weighted by atomic mass is 32.1. The molecule has 0 fully saturated rings. The van der Waals surface area contributed by atoms with Crippen molar-refractivity contribution < 1.29 is 0 Å². The van der Waals surface area contributed by atoms with Gasteiger partial charge in [-0.05, 0) is 0 Å². The molecule has 0 saturated carbocycles. The molecule has 0 aliphatic rings. The van der Waals surface area contributed by atoms with E-state index in [0.29, 0.717) is 11.8 Å². The Labute approximate surface area is 123 Å². The molecule has 1 unspecified atom stereocenters. The number of thiazole rings is 1. The van der Waals surface area contributed by atoms with Crippen molar-refractivity contribution in [3.8, 4) is 0 Å². The molecule has 2 rings (SSSR count). The van der Waals surface area contributed by atoms with Crippen LogP contribution in [0.3, 0.4) is 0 Å². The van der Waals surface area contributed by atoms with Crippen molar-refractivity contribution in [2.24, 2.45) is 0 Å². The van der Waals surface area contributed by atoms with Gasteiger partial charge >= 0.3 is 0 Å². The van der Waals surface area contributed by atoms with E-state index < -0.39 is 0 Å². The summed E-state index contributed by atoms with van der Waals surface area (Å²) in [6.45, 7) is 7.16. The molecule has 0 aliphatic carbocycles. The Balaban J connectivity index is 2.07. The molecule has 6 heteroatoms. The maximum absolute atomic E-state index is 4.55. The summed E-state index contributed by atoms with van der Waals surface area (Å²) in [5, 5.41) is 9.60. The van der Waals surface area contributed by atoms with E-state index in [4.69, 9.17) is 0 Å². The fourth-order valence-electron chi connectivity index (χ4n) is 1.77. The highest BCUT2D eigenvalue weighted by molar-refractivity contribution is 7.09. The van der Waals surface area contributed by atoms with E-state index in [1.165, 1.54) is 0 Å². The molecule has 0 radical (unpaired) electrons. The summed E-state index contributed by atoms with van der Waals surface area (Å²) in [6, 6.07) is 1.93. The van der Waals surface area contributed by atoms with Crippen LogP contribution in [0.25, 0.3) is 0 Å². The largest absolute Gasteiger partial charge is 0.373 e. The zero-order chi connectivity index (χ0) is 14.5. The van der Waals surface area contributed by atoms with Crippen molar-refractivity contribution in [1.29, 1.82) is 0 Å². The van der Waals surface area contributed by atoms with Gasteiger partial charge in [-0.1, -0.05) is 20.8 Å². The van der Waals surface area contributed by atoms with E-state index in [2.05, 4.69) is 46.4 Å². The first-order valence-electron chi connectivity index (χ1n) is 6.80. The van der Waals surface area contributed by atoms with Crippen LogP contribution < -0.4 is 10.6 Å². The summed E-state index contributed by atoms with van der Waals surface area (Å²) in [5.41, 5.74) is 0. The van der Waals surface area contributed by atoms with Gasteiger partial charge in [0, 0.05) is 43.1 Å². The highest BCUT2D eigenvalue weighted by Crippen LogP contribution is 2.20. The van der Waals surface area contributed by atoms with Gasteiger partial charge in [0.2, 0.25) is 0 Å². The van der Waals surface area contributed by atoms with E-state index in [0.717, 1.165) is 29.0 Å². The zero-order valence-electron chi connectivity index (χ0n) is 12.3. The molecule has 2 aromatic heterocycles. The van der Waals surface area contributed by atoms with E-state index >= 15 is 0 Å². The molecule has 1 atom stereocenters. The van der Waals surface area contributed by atoms with Crippen LogP contribution in [0.4, 0.5) is 11.6 Å². The number of hydrogen-bond donors (Lipinski definition) is 2. The molecule has 0 aliphatic heterocycles. The first-order valence-corrected chi connectivity index (χ1v) is 7.68. The molecule has 0 bridgehead atoms. The molecule has 0 amide bonds.